The largest absolute Gasteiger partial charge is 0.444 e. The molecule has 1 atom stereocenters. The van der Waals surface area contributed by atoms with E-state index in [4.69, 9.17) is 4.74 Å². The van der Waals surface area contributed by atoms with Crippen LogP contribution in [0.3, 0.4) is 0 Å². The highest BCUT2D eigenvalue weighted by atomic mass is 16.6. The van der Waals surface area contributed by atoms with Crippen molar-refractivity contribution in [3.05, 3.63) is 12.2 Å². The number of rotatable bonds is 9. The molecular weight excluding hydrogens is 252 g/mol. The van der Waals surface area contributed by atoms with Gasteiger partial charge in [0.2, 0.25) is 0 Å². The van der Waals surface area contributed by atoms with E-state index in [1.54, 1.807) is 0 Å². The fourth-order valence-electron chi connectivity index (χ4n) is 1.69. The van der Waals surface area contributed by atoms with Crippen LogP contribution in [0.25, 0.3) is 0 Å². The SMILES string of the molecule is CCCCCC(C)NC/C=C/CNC(=O)OC(C)(C)C. The lowest BCUT2D eigenvalue weighted by Gasteiger charge is -2.19. The summed E-state index contributed by atoms with van der Waals surface area (Å²) in [6, 6.07) is 0.546. The lowest BCUT2D eigenvalue weighted by molar-refractivity contribution is 0.0534. The van der Waals surface area contributed by atoms with Crippen molar-refractivity contribution in [2.75, 3.05) is 13.1 Å². The molecule has 0 bridgehead atoms. The van der Waals surface area contributed by atoms with Crippen LogP contribution in [0.5, 0.6) is 0 Å². The molecule has 20 heavy (non-hydrogen) atoms. The van der Waals surface area contributed by atoms with Gasteiger partial charge in [-0.15, -0.1) is 0 Å². The molecular formula is C16H32N2O2. The highest BCUT2D eigenvalue weighted by molar-refractivity contribution is 5.67. The van der Waals surface area contributed by atoms with Gasteiger partial charge in [0.15, 0.2) is 0 Å². The molecule has 118 valence electrons. The molecule has 0 saturated heterocycles. The van der Waals surface area contributed by atoms with Gasteiger partial charge in [-0.1, -0.05) is 38.3 Å². The molecule has 0 aromatic rings. The number of unbranched alkanes of at least 4 members (excludes halogenated alkanes) is 2. The summed E-state index contributed by atoms with van der Waals surface area (Å²) in [6.07, 6.45) is 8.68. The minimum absolute atomic E-state index is 0.372. The van der Waals surface area contributed by atoms with E-state index >= 15 is 0 Å². The number of ether oxygens (including phenoxy) is 1. The molecule has 0 rings (SSSR count). The molecule has 0 radical (unpaired) electrons. The Morgan fingerprint density at radius 1 is 1.20 bits per heavy atom. The van der Waals surface area contributed by atoms with E-state index in [1.807, 2.05) is 32.9 Å². The van der Waals surface area contributed by atoms with Crippen LogP contribution < -0.4 is 10.6 Å². The van der Waals surface area contributed by atoms with Crippen LogP contribution in [0.15, 0.2) is 12.2 Å². The fourth-order valence-corrected chi connectivity index (χ4v) is 1.69. The number of carbonyl (C=O) groups is 1. The van der Waals surface area contributed by atoms with Crippen molar-refractivity contribution in [2.45, 2.75) is 71.9 Å². The topological polar surface area (TPSA) is 50.4 Å². The normalized spacial score (nSPS) is 13.4. The number of nitrogens with one attached hydrogen (secondary N) is 2. The number of alkyl carbamates (subject to hydrolysis) is 1. The Balaban J connectivity index is 3.55. The van der Waals surface area contributed by atoms with Gasteiger partial charge in [0.1, 0.15) is 5.60 Å². The smallest absolute Gasteiger partial charge is 0.407 e. The second-order valence-electron chi connectivity index (χ2n) is 6.16. The summed E-state index contributed by atoms with van der Waals surface area (Å²) in [5, 5.41) is 6.13. The van der Waals surface area contributed by atoms with Gasteiger partial charge in [-0.05, 0) is 34.1 Å². The zero-order valence-corrected chi connectivity index (χ0v) is 13.8. The molecule has 4 heteroatoms. The Bertz CT molecular complexity index is 283. The Hall–Kier alpha value is -1.03. The van der Waals surface area contributed by atoms with E-state index in [0.29, 0.717) is 12.6 Å². The third-order valence-corrected chi connectivity index (χ3v) is 2.75. The third kappa shape index (κ3) is 13.4. The Kier molecular flexibility index (Phi) is 10.2. The van der Waals surface area contributed by atoms with E-state index < -0.39 is 5.60 Å². The van der Waals surface area contributed by atoms with Gasteiger partial charge in [-0.2, -0.15) is 0 Å². The van der Waals surface area contributed by atoms with Gasteiger partial charge in [0.05, 0.1) is 0 Å². The van der Waals surface area contributed by atoms with Gasteiger partial charge >= 0.3 is 6.09 Å². The van der Waals surface area contributed by atoms with Crippen LogP contribution in [-0.2, 0) is 4.74 Å². The van der Waals surface area contributed by atoms with Crippen LogP contribution in [0.1, 0.15) is 60.3 Å². The van der Waals surface area contributed by atoms with E-state index in [2.05, 4.69) is 24.5 Å². The molecule has 0 spiro atoms. The summed E-state index contributed by atoms with van der Waals surface area (Å²) >= 11 is 0. The van der Waals surface area contributed by atoms with Crippen LogP contribution in [0.2, 0.25) is 0 Å². The number of hydrogen-bond acceptors (Lipinski definition) is 3. The zero-order valence-electron chi connectivity index (χ0n) is 13.8. The number of hydrogen-bond donors (Lipinski definition) is 2. The van der Waals surface area contributed by atoms with Crippen molar-refractivity contribution >= 4 is 6.09 Å². The van der Waals surface area contributed by atoms with Gasteiger partial charge in [0, 0.05) is 19.1 Å². The van der Waals surface area contributed by atoms with Gasteiger partial charge < -0.3 is 15.4 Å². The molecule has 0 aliphatic heterocycles. The van der Waals surface area contributed by atoms with Crippen molar-refractivity contribution in [1.82, 2.24) is 10.6 Å². The van der Waals surface area contributed by atoms with Crippen molar-refractivity contribution in [3.8, 4) is 0 Å². The predicted octanol–water partition coefficient (Wildman–Crippen LogP) is 3.63. The fraction of sp³-hybridized carbons (Fsp3) is 0.812. The Morgan fingerprint density at radius 3 is 2.45 bits per heavy atom. The van der Waals surface area contributed by atoms with E-state index in [1.165, 1.54) is 25.7 Å². The standard InChI is InChI=1S/C16H32N2O2/c1-6-7-8-11-14(2)17-12-9-10-13-18-15(19)20-16(3,4)5/h9-10,14,17H,6-8,11-13H2,1-5H3,(H,18,19)/b10-9+. The van der Waals surface area contributed by atoms with Crippen molar-refractivity contribution < 1.29 is 9.53 Å². The average Bonchev–Trinajstić information content (AvgIpc) is 2.31. The quantitative estimate of drug-likeness (QED) is 0.502. The minimum atomic E-state index is -0.441. The van der Waals surface area contributed by atoms with Gasteiger partial charge in [-0.25, -0.2) is 4.79 Å². The minimum Gasteiger partial charge on any atom is -0.444 e. The predicted molar refractivity (Wildman–Crippen MR) is 85.0 cm³/mol. The van der Waals surface area contributed by atoms with Gasteiger partial charge in [0.25, 0.3) is 0 Å². The Labute approximate surface area is 124 Å². The molecule has 2 N–H and O–H groups in total. The molecule has 4 nitrogen and oxygen atoms in total. The van der Waals surface area contributed by atoms with Crippen LogP contribution in [0, 0.1) is 0 Å². The van der Waals surface area contributed by atoms with E-state index in [0.717, 1.165) is 6.54 Å². The third-order valence-electron chi connectivity index (χ3n) is 2.75. The maximum atomic E-state index is 11.4. The maximum absolute atomic E-state index is 11.4. The number of amides is 1. The first-order valence-electron chi connectivity index (χ1n) is 7.70. The lowest BCUT2D eigenvalue weighted by atomic mass is 10.1. The summed E-state index contributed by atoms with van der Waals surface area (Å²) < 4.78 is 5.14. The molecule has 0 heterocycles. The first-order valence-corrected chi connectivity index (χ1v) is 7.70. The molecule has 1 amide bonds. The van der Waals surface area contributed by atoms with E-state index in [9.17, 15) is 4.79 Å². The van der Waals surface area contributed by atoms with Gasteiger partial charge in [-0.3, -0.25) is 0 Å². The highest BCUT2D eigenvalue weighted by Crippen LogP contribution is 2.06. The van der Waals surface area contributed by atoms with Crippen molar-refractivity contribution in [2.24, 2.45) is 0 Å². The molecule has 1 unspecified atom stereocenters. The van der Waals surface area contributed by atoms with Crippen LogP contribution >= 0.6 is 0 Å². The second-order valence-corrected chi connectivity index (χ2v) is 6.16. The number of carbonyl (C=O) groups excluding carboxylic acids is 1. The monoisotopic (exact) mass is 284 g/mol. The summed E-state index contributed by atoms with van der Waals surface area (Å²) in [7, 11) is 0. The molecule has 0 aromatic heterocycles. The van der Waals surface area contributed by atoms with Crippen molar-refractivity contribution in [3.63, 3.8) is 0 Å². The summed E-state index contributed by atoms with van der Waals surface area (Å²) in [5.41, 5.74) is -0.441. The zero-order chi connectivity index (χ0) is 15.4. The summed E-state index contributed by atoms with van der Waals surface area (Å²) in [5.74, 6) is 0. The van der Waals surface area contributed by atoms with Crippen LogP contribution in [-0.4, -0.2) is 30.8 Å². The molecule has 0 fully saturated rings. The van der Waals surface area contributed by atoms with E-state index in [-0.39, 0.29) is 6.09 Å². The first kappa shape index (κ1) is 19.0. The second kappa shape index (κ2) is 10.7. The average molecular weight is 284 g/mol. The molecule has 0 saturated carbocycles. The summed E-state index contributed by atoms with van der Waals surface area (Å²) in [6.45, 7) is 11.3. The molecule has 0 aliphatic rings. The Morgan fingerprint density at radius 2 is 1.85 bits per heavy atom. The summed E-state index contributed by atoms with van der Waals surface area (Å²) in [4.78, 5) is 11.4. The maximum Gasteiger partial charge on any atom is 0.407 e. The highest BCUT2D eigenvalue weighted by Gasteiger charge is 2.14. The lowest BCUT2D eigenvalue weighted by Crippen LogP contribution is -2.32. The van der Waals surface area contributed by atoms with Crippen molar-refractivity contribution in [1.29, 1.82) is 0 Å². The van der Waals surface area contributed by atoms with Crippen LogP contribution in [0.4, 0.5) is 4.79 Å². The first-order chi connectivity index (χ1) is 9.35. The molecule has 0 aromatic carbocycles. The molecule has 0 aliphatic carbocycles.